The number of carboxylic acid groups (broad SMARTS) is 1. The lowest BCUT2D eigenvalue weighted by Crippen LogP contribution is -2.55. The number of hydrogen-bond acceptors (Lipinski definition) is 5. The predicted octanol–water partition coefficient (Wildman–Crippen LogP) is 2.52. The molecule has 2 aromatic rings. The quantitative estimate of drug-likeness (QED) is 0.597. The van der Waals surface area contributed by atoms with Crippen LogP contribution in [-0.4, -0.2) is 55.0 Å². The van der Waals surface area contributed by atoms with Crippen LogP contribution in [0.15, 0.2) is 48.5 Å². The predicted molar refractivity (Wildman–Crippen MR) is 119 cm³/mol. The molecule has 2 fully saturated rings. The summed E-state index contributed by atoms with van der Waals surface area (Å²) in [5.41, 5.74) is 3.29. The highest BCUT2D eigenvalue weighted by atomic mass is 16.5. The van der Waals surface area contributed by atoms with E-state index in [2.05, 4.69) is 34.9 Å². The van der Waals surface area contributed by atoms with Crippen LogP contribution in [0.2, 0.25) is 0 Å². The van der Waals surface area contributed by atoms with Gasteiger partial charge in [-0.2, -0.15) is 0 Å². The Kier molecular flexibility index (Phi) is 5.54. The number of carboxylic acids is 1. The van der Waals surface area contributed by atoms with Gasteiger partial charge in [0.25, 0.3) is 0 Å². The molecule has 1 unspecified atom stereocenters. The van der Waals surface area contributed by atoms with Crippen LogP contribution in [0.1, 0.15) is 29.9 Å². The molecular formula is C25H26N2O6. The smallest absolute Gasteiger partial charge is 0.407 e. The molecule has 1 saturated carbocycles. The summed E-state index contributed by atoms with van der Waals surface area (Å²) in [6.45, 7) is 0.828. The number of alkyl carbamates (subject to hydrolysis) is 1. The molecule has 2 amide bonds. The second-order valence-corrected chi connectivity index (χ2v) is 8.99. The van der Waals surface area contributed by atoms with Gasteiger partial charge in [0.1, 0.15) is 6.61 Å². The minimum atomic E-state index is -1.34. The summed E-state index contributed by atoms with van der Waals surface area (Å²) in [5.74, 6) is -1.73. The maximum Gasteiger partial charge on any atom is 0.407 e. The summed E-state index contributed by atoms with van der Waals surface area (Å²) in [7, 11) is 0. The molecule has 8 heteroatoms. The molecule has 33 heavy (non-hydrogen) atoms. The van der Waals surface area contributed by atoms with Crippen LogP contribution >= 0.6 is 0 Å². The first-order valence-corrected chi connectivity index (χ1v) is 11.2. The molecule has 5 rings (SSSR count). The molecule has 8 nitrogen and oxygen atoms in total. The van der Waals surface area contributed by atoms with Crippen molar-refractivity contribution in [3.8, 4) is 11.1 Å². The molecular weight excluding hydrogens is 424 g/mol. The van der Waals surface area contributed by atoms with E-state index in [0.717, 1.165) is 11.1 Å². The molecule has 2 aromatic carbocycles. The average molecular weight is 450 g/mol. The van der Waals surface area contributed by atoms with Gasteiger partial charge >= 0.3 is 12.1 Å². The average Bonchev–Trinajstić information content (AvgIpc) is 3.33. The third-order valence-electron chi connectivity index (χ3n) is 6.91. The normalized spacial score (nSPS) is 25.1. The Morgan fingerprint density at radius 3 is 2.33 bits per heavy atom. The summed E-state index contributed by atoms with van der Waals surface area (Å²) < 4.78 is 10.7. The molecule has 0 aromatic heterocycles. The van der Waals surface area contributed by atoms with Crippen molar-refractivity contribution in [2.24, 2.45) is 11.8 Å². The van der Waals surface area contributed by atoms with Gasteiger partial charge in [-0.3, -0.25) is 4.79 Å². The van der Waals surface area contributed by atoms with Crippen molar-refractivity contribution in [2.45, 2.75) is 24.3 Å². The third kappa shape index (κ3) is 4.06. The highest BCUT2D eigenvalue weighted by Gasteiger charge is 2.49. The minimum Gasteiger partial charge on any atom is -0.479 e. The first kappa shape index (κ1) is 21.5. The largest absolute Gasteiger partial charge is 0.479 e. The van der Waals surface area contributed by atoms with E-state index in [4.69, 9.17) is 9.47 Å². The van der Waals surface area contributed by atoms with Gasteiger partial charge < -0.3 is 25.2 Å². The van der Waals surface area contributed by atoms with Crippen molar-refractivity contribution >= 4 is 18.0 Å². The van der Waals surface area contributed by atoms with Crippen molar-refractivity contribution in [3.63, 3.8) is 0 Å². The van der Waals surface area contributed by atoms with E-state index in [1.807, 2.05) is 24.3 Å². The zero-order valence-corrected chi connectivity index (χ0v) is 18.1. The second-order valence-electron chi connectivity index (χ2n) is 8.99. The number of ether oxygens (including phenoxy) is 2. The summed E-state index contributed by atoms with van der Waals surface area (Å²) in [5, 5.41) is 14.9. The van der Waals surface area contributed by atoms with Gasteiger partial charge in [0, 0.05) is 31.4 Å². The van der Waals surface area contributed by atoms with Gasteiger partial charge in [0.2, 0.25) is 5.91 Å². The SMILES string of the molecule is O=C(NC[C@H]1C[C@H]1C(=O)NC1(C(=O)O)CCOC1)OCC1c2ccccc2-c2ccccc21. The Morgan fingerprint density at radius 2 is 1.73 bits per heavy atom. The van der Waals surface area contributed by atoms with Crippen LogP contribution in [-0.2, 0) is 19.1 Å². The second kappa shape index (κ2) is 8.51. The van der Waals surface area contributed by atoms with Crippen molar-refractivity contribution in [3.05, 3.63) is 59.7 Å². The molecule has 3 N–H and O–H groups in total. The van der Waals surface area contributed by atoms with E-state index >= 15 is 0 Å². The first-order valence-electron chi connectivity index (χ1n) is 11.2. The molecule has 1 saturated heterocycles. The van der Waals surface area contributed by atoms with Crippen LogP contribution in [0.3, 0.4) is 0 Å². The van der Waals surface area contributed by atoms with E-state index in [9.17, 15) is 19.5 Å². The molecule has 172 valence electrons. The summed E-state index contributed by atoms with van der Waals surface area (Å²) in [6, 6.07) is 16.3. The Labute approximate surface area is 191 Å². The lowest BCUT2D eigenvalue weighted by atomic mass is 9.98. The van der Waals surface area contributed by atoms with E-state index in [1.54, 1.807) is 0 Å². The highest BCUT2D eigenvalue weighted by molar-refractivity contribution is 5.90. The van der Waals surface area contributed by atoms with Crippen LogP contribution in [0.25, 0.3) is 11.1 Å². The number of amides is 2. The molecule has 1 aliphatic heterocycles. The van der Waals surface area contributed by atoms with Crippen LogP contribution in [0.4, 0.5) is 4.79 Å². The van der Waals surface area contributed by atoms with Gasteiger partial charge in [0.05, 0.1) is 6.61 Å². The lowest BCUT2D eigenvalue weighted by molar-refractivity contribution is -0.147. The number of carbonyl (C=O) groups excluding carboxylic acids is 2. The number of hydrogen-bond donors (Lipinski definition) is 3. The molecule has 0 radical (unpaired) electrons. The summed E-state index contributed by atoms with van der Waals surface area (Å²) >= 11 is 0. The molecule has 2 aliphatic carbocycles. The Hall–Kier alpha value is -3.39. The van der Waals surface area contributed by atoms with Gasteiger partial charge in [-0.1, -0.05) is 48.5 Å². The number of carbonyl (C=O) groups is 3. The zero-order valence-electron chi connectivity index (χ0n) is 18.1. The number of nitrogens with one attached hydrogen (secondary N) is 2. The van der Waals surface area contributed by atoms with E-state index in [-0.39, 0.29) is 43.3 Å². The third-order valence-corrected chi connectivity index (χ3v) is 6.91. The Morgan fingerprint density at radius 1 is 1.06 bits per heavy atom. The fraction of sp³-hybridized carbons (Fsp3) is 0.400. The van der Waals surface area contributed by atoms with Crippen molar-refractivity contribution in [1.29, 1.82) is 0 Å². The zero-order chi connectivity index (χ0) is 23.0. The fourth-order valence-corrected chi connectivity index (χ4v) is 4.87. The topological polar surface area (TPSA) is 114 Å². The number of benzene rings is 2. The molecule has 1 heterocycles. The lowest BCUT2D eigenvalue weighted by Gasteiger charge is -2.23. The molecule has 0 bridgehead atoms. The van der Waals surface area contributed by atoms with E-state index in [1.165, 1.54) is 11.1 Å². The maximum atomic E-state index is 12.5. The van der Waals surface area contributed by atoms with E-state index < -0.39 is 17.6 Å². The Balaban J connectivity index is 1.11. The minimum absolute atomic E-state index is 0.0107. The number of rotatable bonds is 7. The monoisotopic (exact) mass is 450 g/mol. The molecule has 3 atom stereocenters. The number of fused-ring (bicyclic) bond motifs is 3. The molecule has 3 aliphatic rings. The maximum absolute atomic E-state index is 12.5. The van der Waals surface area contributed by atoms with Gasteiger partial charge in [-0.15, -0.1) is 0 Å². The van der Waals surface area contributed by atoms with Crippen molar-refractivity contribution in [2.75, 3.05) is 26.4 Å². The van der Waals surface area contributed by atoms with Gasteiger partial charge in [-0.05, 0) is 34.6 Å². The molecule has 0 spiro atoms. The summed E-state index contributed by atoms with van der Waals surface area (Å²) in [6.07, 6.45) is 0.337. The Bertz CT molecular complexity index is 1050. The standard InChI is InChI=1S/C25H26N2O6/c28-22(27-25(23(29)30)9-10-32-14-25)20-11-15(20)12-26-24(31)33-13-21-18-7-3-1-5-16(18)17-6-2-4-8-19(17)21/h1-8,15,20-21H,9-14H2,(H,26,31)(H,27,28)(H,29,30)/t15-,20-,25?/m1/s1. The van der Waals surface area contributed by atoms with Crippen LogP contribution in [0, 0.1) is 11.8 Å². The van der Waals surface area contributed by atoms with Gasteiger partial charge in [0.15, 0.2) is 5.54 Å². The fourth-order valence-electron chi connectivity index (χ4n) is 4.87. The first-order chi connectivity index (χ1) is 16.0. The van der Waals surface area contributed by atoms with Crippen molar-refractivity contribution < 1.29 is 29.0 Å². The van der Waals surface area contributed by atoms with Crippen LogP contribution in [0.5, 0.6) is 0 Å². The van der Waals surface area contributed by atoms with Crippen molar-refractivity contribution in [1.82, 2.24) is 10.6 Å². The summed E-state index contributed by atoms with van der Waals surface area (Å²) in [4.78, 5) is 36.4. The van der Waals surface area contributed by atoms with Crippen LogP contribution < -0.4 is 10.6 Å². The van der Waals surface area contributed by atoms with E-state index in [0.29, 0.717) is 19.6 Å². The van der Waals surface area contributed by atoms with Gasteiger partial charge in [-0.25, -0.2) is 9.59 Å². The highest BCUT2D eigenvalue weighted by Crippen LogP contribution is 2.44. The number of aliphatic carboxylic acids is 1.